The number of benzene rings is 2. The van der Waals surface area contributed by atoms with Crippen LogP contribution in [-0.2, 0) is 37.0 Å². The average Bonchev–Trinajstić information content (AvgIpc) is 3.67. The summed E-state index contributed by atoms with van der Waals surface area (Å²) in [6, 6.07) is 9.67. The van der Waals surface area contributed by atoms with Gasteiger partial charge < -0.3 is 31.2 Å². The maximum atomic E-state index is 15.7. The van der Waals surface area contributed by atoms with Gasteiger partial charge in [0.1, 0.15) is 43.2 Å². The Bertz CT molecular complexity index is 2030. The second-order valence-corrected chi connectivity index (χ2v) is 16.7. The summed E-state index contributed by atoms with van der Waals surface area (Å²) in [6.45, 7) is 9.76. The van der Waals surface area contributed by atoms with E-state index in [0.717, 1.165) is 11.1 Å². The van der Waals surface area contributed by atoms with Gasteiger partial charge in [-0.05, 0) is 36.3 Å². The molecule has 1 aromatic heterocycles. The number of quaternary nitrogens is 1. The van der Waals surface area contributed by atoms with Crippen LogP contribution < -0.4 is 21.3 Å². The van der Waals surface area contributed by atoms with Crippen molar-refractivity contribution in [2.24, 2.45) is 11.8 Å². The van der Waals surface area contributed by atoms with E-state index >= 15 is 8.78 Å². The molecule has 0 saturated carbocycles. The summed E-state index contributed by atoms with van der Waals surface area (Å²) in [4.78, 5) is 82.1. The lowest BCUT2D eigenvalue weighted by Gasteiger charge is -2.43. The Labute approximate surface area is 360 Å². The number of Topliss-reactive ketones (excluding diaryl/α,β-unsaturated/α-hetero) is 1. The average molecular weight is 865 g/mol. The molecule has 0 radical (unpaired) electrons. The van der Waals surface area contributed by atoms with E-state index in [2.05, 4.69) is 31.2 Å². The lowest BCUT2D eigenvalue weighted by Crippen LogP contribution is -2.61. The molecule has 1 fully saturated rings. The SMILES string of the molecule is CCC[C@H](NC(O)[C@@H]1C[C@@H](O[N+]2([O-])CCc3ccccc3C2)CN1C(=O)[C@@H](NC(=O)[C@@H](NC(=O)c1cnccn1)C(C)C)C(C)C)C(=O)C(F)(F)C(=O)N[C@@H](C)c1ccccc1. The van der Waals surface area contributed by atoms with Gasteiger partial charge >= 0.3 is 5.92 Å². The summed E-state index contributed by atoms with van der Waals surface area (Å²) >= 11 is 0. The highest BCUT2D eigenvalue weighted by molar-refractivity contribution is 6.09. The molecular formula is C44H58F2N8O8. The molecule has 2 aliphatic rings. The highest BCUT2D eigenvalue weighted by Gasteiger charge is 2.52. The van der Waals surface area contributed by atoms with E-state index in [1.165, 1.54) is 30.4 Å². The minimum Gasteiger partial charge on any atom is -0.598 e. The Hall–Kier alpha value is -5.27. The van der Waals surface area contributed by atoms with Gasteiger partial charge in [0.15, 0.2) is 0 Å². The number of carbonyl (C=O) groups is 5. The number of aromatic nitrogens is 2. The van der Waals surface area contributed by atoms with Crippen molar-refractivity contribution in [3.05, 3.63) is 101 Å². The molecule has 0 spiro atoms. The molecular weight excluding hydrogens is 807 g/mol. The predicted octanol–water partition coefficient (Wildman–Crippen LogP) is 3.50. The molecule has 336 valence electrons. The van der Waals surface area contributed by atoms with Crippen LogP contribution in [0, 0.1) is 17.0 Å². The molecule has 1 saturated heterocycles. The molecule has 0 bridgehead atoms. The number of fused-ring (bicyclic) bond motifs is 1. The number of rotatable bonds is 19. The minimum absolute atomic E-state index is 0.0131. The van der Waals surface area contributed by atoms with Crippen molar-refractivity contribution in [1.29, 1.82) is 0 Å². The number of carbonyl (C=O) groups excluding carboxylic acids is 5. The number of alkyl halides is 2. The fourth-order valence-electron chi connectivity index (χ4n) is 7.84. The van der Waals surface area contributed by atoms with E-state index < -0.39 is 94.5 Å². The lowest BCUT2D eigenvalue weighted by atomic mass is 9.98. The van der Waals surface area contributed by atoms with E-state index in [0.29, 0.717) is 12.0 Å². The van der Waals surface area contributed by atoms with Gasteiger partial charge in [0.05, 0.1) is 30.9 Å². The number of ketones is 1. The van der Waals surface area contributed by atoms with E-state index in [4.69, 9.17) is 4.84 Å². The monoisotopic (exact) mass is 864 g/mol. The first-order valence-electron chi connectivity index (χ1n) is 21.1. The molecule has 18 heteroatoms. The third-order valence-corrected chi connectivity index (χ3v) is 11.3. The Morgan fingerprint density at radius 1 is 0.935 bits per heavy atom. The van der Waals surface area contributed by atoms with Crippen molar-refractivity contribution in [1.82, 2.24) is 36.1 Å². The molecule has 3 aromatic rings. The molecule has 62 heavy (non-hydrogen) atoms. The summed E-state index contributed by atoms with van der Waals surface area (Å²) < 4.78 is 31.4. The molecule has 2 aliphatic heterocycles. The van der Waals surface area contributed by atoms with Gasteiger partial charge in [-0.1, -0.05) is 95.6 Å². The second kappa shape index (κ2) is 20.7. The Kier molecular flexibility index (Phi) is 16.0. The van der Waals surface area contributed by atoms with Gasteiger partial charge in [-0.3, -0.25) is 34.3 Å². The topological polar surface area (TPSA) is 215 Å². The molecule has 3 heterocycles. The van der Waals surface area contributed by atoms with E-state index in [1.807, 2.05) is 24.3 Å². The summed E-state index contributed by atoms with van der Waals surface area (Å²) in [5.41, 5.74) is 2.33. The Morgan fingerprint density at radius 2 is 1.60 bits per heavy atom. The van der Waals surface area contributed by atoms with Crippen molar-refractivity contribution >= 4 is 29.4 Å². The van der Waals surface area contributed by atoms with Crippen LogP contribution in [0.5, 0.6) is 0 Å². The number of hydrogen-bond donors (Lipinski definition) is 5. The molecule has 16 nitrogen and oxygen atoms in total. The van der Waals surface area contributed by atoms with E-state index in [1.54, 1.807) is 65.0 Å². The van der Waals surface area contributed by atoms with Crippen LogP contribution in [0.15, 0.2) is 73.2 Å². The molecule has 2 aromatic carbocycles. The molecule has 5 N–H and O–H groups in total. The van der Waals surface area contributed by atoms with Crippen molar-refractivity contribution in [2.45, 2.75) is 122 Å². The Morgan fingerprint density at radius 3 is 2.23 bits per heavy atom. The zero-order chi connectivity index (χ0) is 45.4. The largest absolute Gasteiger partial charge is 0.598 e. The van der Waals surface area contributed by atoms with Crippen molar-refractivity contribution in [2.75, 3.05) is 13.1 Å². The number of halogens is 2. The summed E-state index contributed by atoms with van der Waals surface area (Å²) in [6.07, 6.45) is 1.45. The lowest BCUT2D eigenvalue weighted by molar-refractivity contribution is -1.08. The first-order valence-corrected chi connectivity index (χ1v) is 21.1. The number of likely N-dealkylation sites (tertiary alicyclic amines) is 1. The molecule has 4 amide bonds. The molecule has 5 rings (SSSR count). The number of hydroxylamine groups is 4. The van der Waals surface area contributed by atoms with Gasteiger partial charge in [-0.15, -0.1) is 0 Å². The standard InChI is InChI=1S/C44H58F2N8O8/c1-7-13-33(38(55)44(45,46)43(60)49-28(6)29-14-9-8-10-15-29)50-40(57)35-22-32(62-54(61)21-18-30-16-11-12-17-31(30)25-54)24-53(35)42(59)37(27(4)5)52-41(58)36(26(2)3)51-39(56)34-23-47-19-20-48-34/h8-12,14-17,19-20,23,26-28,32-33,35-37,40,50,57H,7,13,18,21-22,24-25H2,1-6H3,(H,49,60)(H,51,56)(H,52,58)/t28-,32+,33-,35-,36-,37-,40?,54?/m0/s1. The van der Waals surface area contributed by atoms with Crippen LogP contribution in [0.4, 0.5) is 8.78 Å². The van der Waals surface area contributed by atoms with Crippen LogP contribution in [0.1, 0.15) is 94.0 Å². The fraction of sp³-hybridized carbons (Fsp3) is 0.523. The molecule has 0 aliphatic carbocycles. The highest BCUT2D eigenvalue weighted by Crippen LogP contribution is 2.32. The van der Waals surface area contributed by atoms with Crippen molar-refractivity contribution in [3.63, 3.8) is 0 Å². The zero-order valence-electron chi connectivity index (χ0n) is 35.9. The Balaban J connectivity index is 1.38. The number of aliphatic hydroxyl groups is 1. The summed E-state index contributed by atoms with van der Waals surface area (Å²) in [5, 5.41) is 36.1. The highest BCUT2D eigenvalue weighted by atomic mass is 19.3. The predicted molar refractivity (Wildman–Crippen MR) is 223 cm³/mol. The second-order valence-electron chi connectivity index (χ2n) is 16.7. The van der Waals surface area contributed by atoms with E-state index in [-0.39, 0.29) is 44.6 Å². The third kappa shape index (κ3) is 11.6. The number of nitrogens with zero attached hydrogens (tertiary/aromatic N) is 4. The van der Waals surface area contributed by atoms with Crippen molar-refractivity contribution in [3.8, 4) is 0 Å². The maximum absolute atomic E-state index is 15.7. The third-order valence-electron chi connectivity index (χ3n) is 11.3. The van der Waals surface area contributed by atoms with Gasteiger partial charge in [0.25, 0.3) is 11.8 Å². The van der Waals surface area contributed by atoms with Crippen LogP contribution >= 0.6 is 0 Å². The number of amides is 4. The zero-order valence-corrected chi connectivity index (χ0v) is 35.9. The smallest absolute Gasteiger partial charge is 0.383 e. The molecule has 8 atom stereocenters. The normalized spacial score (nSPS) is 21.3. The van der Waals surface area contributed by atoms with Crippen molar-refractivity contribution < 1.29 is 47.5 Å². The van der Waals surface area contributed by atoms with Gasteiger partial charge in [0, 0.05) is 30.8 Å². The minimum atomic E-state index is -4.50. The number of hydrogen-bond acceptors (Lipinski definition) is 11. The van der Waals surface area contributed by atoms with Crippen LogP contribution in [0.2, 0.25) is 0 Å². The quantitative estimate of drug-likeness (QED) is 0.0509. The van der Waals surface area contributed by atoms with Crippen LogP contribution in [-0.4, -0.2) is 110 Å². The van der Waals surface area contributed by atoms with Gasteiger partial charge in [-0.25, -0.2) is 9.79 Å². The van der Waals surface area contributed by atoms with E-state index in [9.17, 15) is 34.3 Å². The first kappa shape index (κ1) is 47.8. The summed E-state index contributed by atoms with van der Waals surface area (Å²) in [5.74, 6) is -11.1. The fourth-order valence-corrected chi connectivity index (χ4v) is 7.84. The number of aliphatic hydroxyl groups excluding tert-OH is 1. The van der Waals surface area contributed by atoms with Gasteiger partial charge in [-0.2, -0.15) is 13.6 Å². The van der Waals surface area contributed by atoms with Gasteiger partial charge in [0.2, 0.25) is 17.6 Å². The first-order chi connectivity index (χ1) is 29.3. The van der Waals surface area contributed by atoms with Crippen LogP contribution in [0.25, 0.3) is 0 Å². The molecule has 2 unspecified atom stereocenters. The maximum Gasteiger partial charge on any atom is 0.383 e. The van der Waals surface area contributed by atoms with Crippen LogP contribution in [0.3, 0.4) is 0 Å². The number of nitrogens with one attached hydrogen (secondary N) is 4. The summed E-state index contributed by atoms with van der Waals surface area (Å²) in [7, 11) is 0.